The van der Waals surface area contributed by atoms with Crippen molar-refractivity contribution < 1.29 is 0 Å². The maximum atomic E-state index is 12.9. The minimum atomic E-state index is -0.262. The first-order chi connectivity index (χ1) is 12.3. The van der Waals surface area contributed by atoms with Gasteiger partial charge in [-0.05, 0) is 39.0 Å². The largest absolute Gasteiger partial charge is 0.350 e. The van der Waals surface area contributed by atoms with Crippen LogP contribution in [0.15, 0.2) is 64.7 Å². The Hall–Kier alpha value is -2.37. The summed E-state index contributed by atoms with van der Waals surface area (Å²) in [4.78, 5) is 16.9. The third-order valence-corrected chi connectivity index (χ3v) is 4.14. The fraction of sp³-hybridized carbons (Fsp3) is 0.211. The van der Waals surface area contributed by atoms with Gasteiger partial charge < -0.3 is 0 Å². The predicted molar refractivity (Wildman–Crippen MR) is 108 cm³/mol. The van der Waals surface area contributed by atoms with Gasteiger partial charge in [0.2, 0.25) is 0 Å². The summed E-state index contributed by atoms with van der Waals surface area (Å²) in [5, 5.41) is 5.36. The van der Waals surface area contributed by atoms with E-state index in [1.807, 2.05) is 19.9 Å². The van der Waals surface area contributed by atoms with Gasteiger partial charge in [0.05, 0.1) is 11.6 Å². The molecular formula is C19H20Cl2N4O. The second-order valence-corrected chi connectivity index (χ2v) is 6.67. The van der Waals surface area contributed by atoms with Gasteiger partial charge in [-0.1, -0.05) is 47.5 Å². The number of aromatic nitrogens is 4. The summed E-state index contributed by atoms with van der Waals surface area (Å²) in [5.41, 5.74) is 2.12. The van der Waals surface area contributed by atoms with E-state index >= 15 is 0 Å². The molecule has 0 unspecified atom stereocenters. The van der Waals surface area contributed by atoms with Crippen LogP contribution in [0.4, 0.5) is 0 Å². The summed E-state index contributed by atoms with van der Waals surface area (Å²) in [6.07, 6.45) is 9.99. The van der Waals surface area contributed by atoms with Crippen molar-refractivity contribution in [1.82, 2.24) is 19.3 Å². The highest BCUT2D eigenvalue weighted by atomic mass is 35.5. The quantitative estimate of drug-likeness (QED) is 0.520. The van der Waals surface area contributed by atoms with Crippen molar-refractivity contribution in [3.05, 3.63) is 75.5 Å². The van der Waals surface area contributed by atoms with Crippen molar-refractivity contribution in [1.29, 1.82) is 0 Å². The lowest BCUT2D eigenvalue weighted by Crippen LogP contribution is -2.24. The number of nitrogens with zero attached hydrogens (tertiary/aromatic N) is 4. The van der Waals surface area contributed by atoms with Crippen LogP contribution in [0.2, 0.25) is 5.02 Å². The Morgan fingerprint density at radius 2 is 2.04 bits per heavy atom. The molecule has 0 aliphatic carbocycles. The smallest absolute Gasteiger partial charge is 0.263 e. The highest BCUT2D eigenvalue weighted by Gasteiger charge is 2.18. The molecule has 0 spiro atoms. The van der Waals surface area contributed by atoms with E-state index in [0.717, 1.165) is 5.57 Å². The Bertz CT molecular complexity index is 960. The number of hydrogen-bond donors (Lipinski definition) is 0. The Labute approximate surface area is 162 Å². The van der Waals surface area contributed by atoms with Gasteiger partial charge >= 0.3 is 5.69 Å². The normalized spacial score (nSPS) is 12.2. The molecule has 0 atom stereocenters. The van der Waals surface area contributed by atoms with Gasteiger partial charge in [0.1, 0.15) is 0 Å². The number of hydrogen-bond acceptors (Lipinski definition) is 3. The van der Waals surface area contributed by atoms with Gasteiger partial charge in [0, 0.05) is 28.7 Å². The van der Waals surface area contributed by atoms with Crippen molar-refractivity contribution in [2.45, 2.75) is 27.3 Å². The van der Waals surface area contributed by atoms with Gasteiger partial charge in [0.15, 0.2) is 5.82 Å². The molecule has 2 aromatic heterocycles. The molecule has 7 heteroatoms. The molecule has 0 radical (unpaired) electrons. The fourth-order valence-corrected chi connectivity index (χ4v) is 2.45. The van der Waals surface area contributed by atoms with Crippen LogP contribution in [0, 0.1) is 0 Å². The molecule has 0 N–H and O–H groups in total. The van der Waals surface area contributed by atoms with Crippen molar-refractivity contribution in [2.75, 3.05) is 0 Å². The lowest BCUT2D eigenvalue weighted by atomic mass is 10.2. The van der Waals surface area contributed by atoms with Crippen LogP contribution in [0.3, 0.4) is 0 Å². The molecule has 5 nitrogen and oxygen atoms in total. The summed E-state index contributed by atoms with van der Waals surface area (Å²) in [7, 11) is 0. The molecule has 0 fully saturated rings. The Balaban J connectivity index is 2.68. The van der Waals surface area contributed by atoms with E-state index in [-0.39, 0.29) is 5.69 Å². The summed E-state index contributed by atoms with van der Waals surface area (Å²) >= 11 is 12.2. The molecule has 2 heterocycles. The van der Waals surface area contributed by atoms with Crippen LogP contribution in [0.25, 0.3) is 17.1 Å². The molecule has 0 bridgehead atoms. The van der Waals surface area contributed by atoms with Crippen molar-refractivity contribution in [3.8, 4) is 11.4 Å². The van der Waals surface area contributed by atoms with Crippen LogP contribution in [-0.2, 0) is 6.54 Å². The predicted octanol–water partition coefficient (Wildman–Crippen LogP) is 4.90. The van der Waals surface area contributed by atoms with Gasteiger partial charge in [-0.3, -0.25) is 4.98 Å². The maximum Gasteiger partial charge on any atom is 0.350 e. The van der Waals surface area contributed by atoms with E-state index < -0.39 is 0 Å². The Morgan fingerprint density at radius 3 is 2.65 bits per heavy atom. The molecule has 2 aromatic rings. The average molecular weight is 391 g/mol. The van der Waals surface area contributed by atoms with Crippen LogP contribution in [-0.4, -0.2) is 19.3 Å². The zero-order valence-corrected chi connectivity index (χ0v) is 16.4. The number of halogens is 2. The summed E-state index contributed by atoms with van der Waals surface area (Å²) in [5.74, 6) is 0.446. The highest BCUT2D eigenvalue weighted by Crippen LogP contribution is 2.26. The lowest BCUT2D eigenvalue weighted by Gasteiger charge is -2.06. The summed E-state index contributed by atoms with van der Waals surface area (Å²) in [6, 6.07) is 1.73. The van der Waals surface area contributed by atoms with Crippen molar-refractivity contribution in [3.63, 3.8) is 0 Å². The number of allylic oxidation sites excluding steroid dienone is 7. The standard InChI is InChI=1S/C19H20Cl2N4O/c1-5-15(20)7-6-14(4)25-18(16-8-10-22-12-17(16)21)23-24(19(25)26)11-9-13(2)3/h5-10,12H,1,11H2,2-4H3/b14-6+,15-7+. The SMILES string of the molecule is C=C/C(Cl)=C\C=C(/C)n1c(-c2ccncc2Cl)nn(CC=C(C)C)c1=O. The van der Waals surface area contributed by atoms with Crippen LogP contribution in [0.5, 0.6) is 0 Å². The summed E-state index contributed by atoms with van der Waals surface area (Å²) < 4.78 is 2.90. The third kappa shape index (κ3) is 4.62. The number of pyridine rings is 1. The first kappa shape index (κ1) is 19.9. The highest BCUT2D eigenvalue weighted by molar-refractivity contribution is 6.33. The average Bonchev–Trinajstić information content (AvgIpc) is 2.94. The van der Waals surface area contributed by atoms with Gasteiger partial charge in [0.25, 0.3) is 0 Å². The molecule has 136 valence electrons. The first-order valence-corrected chi connectivity index (χ1v) is 8.70. The monoisotopic (exact) mass is 390 g/mol. The first-order valence-electron chi connectivity index (χ1n) is 7.95. The topological polar surface area (TPSA) is 52.7 Å². The molecule has 0 aliphatic heterocycles. The van der Waals surface area contributed by atoms with Crippen molar-refractivity contribution >= 4 is 28.9 Å². The third-order valence-electron chi connectivity index (χ3n) is 3.56. The van der Waals surface area contributed by atoms with E-state index in [9.17, 15) is 4.79 Å². The zero-order chi connectivity index (χ0) is 19.3. The van der Waals surface area contributed by atoms with E-state index in [4.69, 9.17) is 23.2 Å². The zero-order valence-electron chi connectivity index (χ0n) is 14.9. The molecule has 0 amide bonds. The van der Waals surface area contributed by atoms with E-state index in [1.54, 1.807) is 31.3 Å². The maximum absolute atomic E-state index is 12.9. The second-order valence-electron chi connectivity index (χ2n) is 5.82. The minimum absolute atomic E-state index is 0.262. The number of rotatable bonds is 6. The van der Waals surface area contributed by atoms with Crippen LogP contribution >= 0.6 is 23.2 Å². The van der Waals surface area contributed by atoms with E-state index in [0.29, 0.717) is 33.7 Å². The molecule has 0 saturated heterocycles. The lowest BCUT2D eigenvalue weighted by molar-refractivity contribution is 0.665. The van der Waals surface area contributed by atoms with Gasteiger partial charge in [-0.25, -0.2) is 14.0 Å². The molecule has 0 saturated carbocycles. The molecule has 26 heavy (non-hydrogen) atoms. The molecular weight excluding hydrogens is 371 g/mol. The molecule has 2 rings (SSSR count). The fourth-order valence-electron chi connectivity index (χ4n) is 2.19. The summed E-state index contributed by atoms with van der Waals surface area (Å²) in [6.45, 7) is 9.72. The van der Waals surface area contributed by atoms with E-state index in [2.05, 4.69) is 16.7 Å². The second kappa shape index (κ2) is 8.83. The van der Waals surface area contributed by atoms with Crippen molar-refractivity contribution in [2.24, 2.45) is 0 Å². The van der Waals surface area contributed by atoms with Gasteiger partial charge in [-0.15, -0.1) is 5.10 Å². The molecule has 0 aliphatic rings. The Kier molecular flexibility index (Phi) is 6.77. The van der Waals surface area contributed by atoms with Gasteiger partial charge in [-0.2, -0.15) is 0 Å². The minimum Gasteiger partial charge on any atom is -0.263 e. The van der Waals surface area contributed by atoms with E-state index in [1.165, 1.54) is 21.5 Å². The molecule has 0 aromatic carbocycles. The Morgan fingerprint density at radius 1 is 1.31 bits per heavy atom. The van der Waals surface area contributed by atoms with Crippen LogP contribution < -0.4 is 5.69 Å². The van der Waals surface area contributed by atoms with Crippen LogP contribution in [0.1, 0.15) is 20.8 Å².